The molecule has 9 heteroatoms. The third kappa shape index (κ3) is 9.09. The van der Waals surface area contributed by atoms with E-state index in [0.717, 1.165) is 10.5 Å². The van der Waals surface area contributed by atoms with E-state index in [9.17, 15) is 14.4 Å². The summed E-state index contributed by atoms with van der Waals surface area (Å²) in [5.74, 6) is -1.51. The lowest BCUT2D eigenvalue weighted by molar-refractivity contribution is 0.0358. The lowest BCUT2D eigenvalue weighted by atomic mass is 10.1. The number of ether oxygens (including phenoxy) is 2. The minimum Gasteiger partial charge on any atom is -0.478 e. The molecule has 0 aliphatic rings. The van der Waals surface area contributed by atoms with Crippen molar-refractivity contribution in [2.45, 2.75) is 59.2 Å². The molecule has 1 rings (SSSR count). The van der Waals surface area contributed by atoms with Crippen LogP contribution in [-0.4, -0.2) is 51.9 Å². The highest BCUT2D eigenvalue weighted by Crippen LogP contribution is 2.12. The maximum absolute atomic E-state index is 12.5. The first-order valence-electron chi connectivity index (χ1n) is 9.09. The van der Waals surface area contributed by atoms with Gasteiger partial charge in [-0.15, -0.1) is 0 Å². The highest BCUT2D eigenvalue weighted by molar-refractivity contribution is 5.99. The van der Waals surface area contributed by atoms with Crippen molar-refractivity contribution in [3.05, 3.63) is 35.4 Å². The molecule has 1 aromatic rings. The Morgan fingerprint density at radius 2 is 1.52 bits per heavy atom. The van der Waals surface area contributed by atoms with E-state index < -0.39 is 35.3 Å². The van der Waals surface area contributed by atoms with Crippen LogP contribution in [0.5, 0.6) is 0 Å². The molecule has 0 aliphatic carbocycles. The number of hydrogen-bond donors (Lipinski definition) is 3. The first-order chi connectivity index (χ1) is 13.2. The number of carbonyl (C=O) groups is 3. The number of guanidine groups is 1. The predicted molar refractivity (Wildman–Crippen MR) is 107 cm³/mol. The molecule has 2 amide bonds. The van der Waals surface area contributed by atoms with E-state index in [4.69, 9.17) is 20.0 Å². The Bertz CT molecular complexity index is 760. The van der Waals surface area contributed by atoms with Crippen molar-refractivity contribution >= 4 is 24.1 Å². The average Bonchev–Trinajstić information content (AvgIpc) is 2.51. The SMILES string of the molecule is CC(C)(C)OC(=O)NC(=N)N(CCc1ccc(C(=O)O)cc1)C(=O)OC(C)(C)C. The molecule has 0 saturated carbocycles. The standard InChI is InChI=1S/C20H29N3O6/c1-19(2,3)28-17(26)22-16(21)23(18(27)29-20(4,5)6)12-11-13-7-9-14(10-8-13)15(24)25/h7-10H,11-12H2,1-6H3,(H,24,25)(H2,21,22,26). The quantitative estimate of drug-likeness (QED) is 0.516. The number of alkyl carbamates (subject to hydrolysis) is 1. The molecule has 0 radical (unpaired) electrons. The van der Waals surface area contributed by atoms with Gasteiger partial charge in [-0.05, 0) is 65.7 Å². The van der Waals surface area contributed by atoms with Gasteiger partial charge < -0.3 is 14.6 Å². The number of aromatic carboxylic acids is 1. The fraction of sp³-hybridized carbons (Fsp3) is 0.500. The Balaban J connectivity index is 2.90. The summed E-state index contributed by atoms with van der Waals surface area (Å²) in [6, 6.07) is 6.17. The van der Waals surface area contributed by atoms with E-state index in [1.807, 2.05) is 0 Å². The molecule has 160 valence electrons. The summed E-state index contributed by atoms with van der Waals surface area (Å²) in [6.07, 6.45) is -1.33. The molecule has 3 N–H and O–H groups in total. The van der Waals surface area contributed by atoms with Gasteiger partial charge in [-0.3, -0.25) is 10.7 Å². The minimum absolute atomic E-state index is 0.0377. The average molecular weight is 407 g/mol. The Kier molecular flexibility index (Phi) is 7.76. The third-order valence-electron chi connectivity index (χ3n) is 3.33. The van der Waals surface area contributed by atoms with Crippen LogP contribution in [0.1, 0.15) is 57.5 Å². The minimum atomic E-state index is -1.03. The van der Waals surface area contributed by atoms with Gasteiger partial charge in [0.05, 0.1) is 5.56 Å². The molecular weight excluding hydrogens is 378 g/mol. The molecule has 0 bridgehead atoms. The summed E-state index contributed by atoms with van der Waals surface area (Å²) >= 11 is 0. The van der Waals surface area contributed by atoms with E-state index >= 15 is 0 Å². The van der Waals surface area contributed by atoms with Gasteiger partial charge in [0, 0.05) is 6.54 Å². The molecule has 0 atom stereocenters. The smallest absolute Gasteiger partial charge is 0.417 e. The lowest BCUT2D eigenvalue weighted by Gasteiger charge is -2.28. The molecule has 0 fully saturated rings. The zero-order valence-electron chi connectivity index (χ0n) is 17.7. The van der Waals surface area contributed by atoms with Crippen molar-refractivity contribution in [1.82, 2.24) is 10.2 Å². The van der Waals surface area contributed by atoms with E-state index in [1.165, 1.54) is 12.1 Å². The maximum Gasteiger partial charge on any atom is 0.417 e. The topological polar surface area (TPSA) is 129 Å². The summed E-state index contributed by atoms with van der Waals surface area (Å²) in [5.41, 5.74) is -0.636. The molecule has 0 heterocycles. The van der Waals surface area contributed by atoms with Gasteiger partial charge >= 0.3 is 18.2 Å². The maximum atomic E-state index is 12.5. The van der Waals surface area contributed by atoms with Crippen LogP contribution in [0.3, 0.4) is 0 Å². The van der Waals surface area contributed by atoms with Crippen LogP contribution >= 0.6 is 0 Å². The molecule has 29 heavy (non-hydrogen) atoms. The van der Waals surface area contributed by atoms with Gasteiger partial charge in [0.15, 0.2) is 0 Å². The number of nitrogens with zero attached hydrogens (tertiary/aromatic N) is 1. The fourth-order valence-electron chi connectivity index (χ4n) is 2.13. The van der Waals surface area contributed by atoms with Crippen LogP contribution in [0, 0.1) is 5.41 Å². The molecule has 0 unspecified atom stereocenters. The Labute approximate surface area is 170 Å². The van der Waals surface area contributed by atoms with Crippen molar-refractivity contribution in [2.75, 3.05) is 6.54 Å². The van der Waals surface area contributed by atoms with Crippen LogP contribution in [0.2, 0.25) is 0 Å². The molecule has 9 nitrogen and oxygen atoms in total. The van der Waals surface area contributed by atoms with Gasteiger partial charge in [-0.2, -0.15) is 0 Å². The highest BCUT2D eigenvalue weighted by Gasteiger charge is 2.27. The molecular formula is C20H29N3O6. The summed E-state index contributed by atoms with van der Waals surface area (Å²) in [7, 11) is 0. The number of carbonyl (C=O) groups excluding carboxylic acids is 2. The number of amides is 2. The lowest BCUT2D eigenvalue weighted by Crippen LogP contribution is -2.50. The second-order valence-corrected chi connectivity index (χ2v) is 8.36. The third-order valence-corrected chi connectivity index (χ3v) is 3.33. The number of rotatable bonds is 4. The van der Waals surface area contributed by atoms with Crippen molar-refractivity contribution in [3.63, 3.8) is 0 Å². The highest BCUT2D eigenvalue weighted by atomic mass is 16.6. The van der Waals surface area contributed by atoms with Crippen molar-refractivity contribution < 1.29 is 29.0 Å². The van der Waals surface area contributed by atoms with Crippen LogP contribution in [0.4, 0.5) is 9.59 Å². The van der Waals surface area contributed by atoms with Gasteiger partial charge in [0.2, 0.25) is 5.96 Å². The van der Waals surface area contributed by atoms with Crippen molar-refractivity contribution in [3.8, 4) is 0 Å². The second kappa shape index (κ2) is 9.40. The first-order valence-corrected chi connectivity index (χ1v) is 9.09. The summed E-state index contributed by atoms with van der Waals surface area (Å²) < 4.78 is 10.4. The normalized spacial score (nSPS) is 11.4. The predicted octanol–water partition coefficient (Wildman–Crippen LogP) is 3.62. The summed E-state index contributed by atoms with van der Waals surface area (Å²) in [4.78, 5) is 36.4. The zero-order chi connectivity index (χ0) is 22.4. The number of benzene rings is 1. The van der Waals surface area contributed by atoms with Crippen LogP contribution in [0.15, 0.2) is 24.3 Å². The summed E-state index contributed by atoms with van der Waals surface area (Å²) in [6.45, 7) is 10.2. The van der Waals surface area contributed by atoms with Crippen LogP contribution in [0.25, 0.3) is 0 Å². The largest absolute Gasteiger partial charge is 0.478 e. The monoisotopic (exact) mass is 407 g/mol. The van der Waals surface area contributed by atoms with Crippen molar-refractivity contribution in [2.24, 2.45) is 0 Å². The van der Waals surface area contributed by atoms with Crippen molar-refractivity contribution in [1.29, 1.82) is 5.41 Å². The van der Waals surface area contributed by atoms with E-state index in [0.29, 0.717) is 6.42 Å². The van der Waals surface area contributed by atoms with Crippen LogP contribution < -0.4 is 5.32 Å². The van der Waals surface area contributed by atoms with Gasteiger partial charge in [0.25, 0.3) is 0 Å². The Morgan fingerprint density at radius 1 is 1.00 bits per heavy atom. The molecule has 1 aromatic carbocycles. The molecule has 0 aromatic heterocycles. The molecule has 0 saturated heterocycles. The molecule has 0 aliphatic heterocycles. The van der Waals surface area contributed by atoms with E-state index in [-0.39, 0.29) is 12.1 Å². The Hall–Kier alpha value is -3.10. The zero-order valence-corrected chi connectivity index (χ0v) is 17.7. The van der Waals surface area contributed by atoms with Gasteiger partial charge in [0.1, 0.15) is 11.2 Å². The summed E-state index contributed by atoms with van der Waals surface area (Å²) in [5, 5.41) is 19.3. The van der Waals surface area contributed by atoms with Gasteiger partial charge in [-0.1, -0.05) is 12.1 Å². The number of nitrogens with one attached hydrogen (secondary N) is 2. The second-order valence-electron chi connectivity index (χ2n) is 8.36. The first kappa shape index (κ1) is 23.9. The van der Waals surface area contributed by atoms with E-state index in [1.54, 1.807) is 53.7 Å². The Morgan fingerprint density at radius 3 is 1.97 bits per heavy atom. The number of carboxylic acid groups (broad SMARTS) is 1. The molecule has 0 spiro atoms. The van der Waals surface area contributed by atoms with E-state index in [2.05, 4.69) is 5.32 Å². The van der Waals surface area contributed by atoms with Gasteiger partial charge in [-0.25, -0.2) is 19.3 Å². The fourth-order valence-corrected chi connectivity index (χ4v) is 2.13. The number of hydrogen-bond acceptors (Lipinski definition) is 6. The number of carboxylic acids is 1. The van der Waals surface area contributed by atoms with Crippen LogP contribution in [-0.2, 0) is 15.9 Å².